The van der Waals surface area contributed by atoms with Gasteiger partial charge in [0, 0.05) is 30.5 Å². The van der Waals surface area contributed by atoms with E-state index in [9.17, 15) is 9.59 Å². The van der Waals surface area contributed by atoms with Crippen molar-refractivity contribution in [3.8, 4) is 0 Å². The third kappa shape index (κ3) is 6.34. The van der Waals surface area contributed by atoms with Gasteiger partial charge in [-0.25, -0.2) is 4.98 Å². The maximum atomic E-state index is 11.4. The minimum Gasteiger partial charge on any atom is -0.481 e. The summed E-state index contributed by atoms with van der Waals surface area (Å²) >= 11 is 1.62. The normalized spacial score (nSPS) is 10.3. The van der Waals surface area contributed by atoms with Crippen LogP contribution in [0.1, 0.15) is 36.4 Å². The van der Waals surface area contributed by atoms with Gasteiger partial charge in [0.25, 0.3) is 0 Å². The Labute approximate surface area is 110 Å². The van der Waals surface area contributed by atoms with Crippen molar-refractivity contribution in [2.45, 2.75) is 39.0 Å². The molecule has 0 saturated carbocycles. The second-order valence-corrected chi connectivity index (χ2v) is 5.03. The number of aliphatic carboxylic acids is 1. The number of nitrogens with one attached hydrogen (secondary N) is 1. The zero-order chi connectivity index (χ0) is 13.4. The molecule has 0 aliphatic rings. The summed E-state index contributed by atoms with van der Waals surface area (Å²) in [6, 6.07) is 0. The highest BCUT2D eigenvalue weighted by Crippen LogP contribution is 2.11. The van der Waals surface area contributed by atoms with E-state index in [1.54, 1.807) is 11.3 Å². The van der Waals surface area contributed by atoms with Gasteiger partial charge in [0.1, 0.15) is 0 Å². The van der Waals surface area contributed by atoms with Gasteiger partial charge in [-0.3, -0.25) is 9.59 Å². The smallest absolute Gasteiger partial charge is 0.303 e. The highest BCUT2D eigenvalue weighted by Gasteiger charge is 2.04. The van der Waals surface area contributed by atoms with Crippen LogP contribution in [0.5, 0.6) is 0 Å². The first-order valence-electron chi connectivity index (χ1n) is 5.97. The van der Waals surface area contributed by atoms with Crippen molar-refractivity contribution < 1.29 is 14.7 Å². The van der Waals surface area contributed by atoms with Crippen LogP contribution in [0.15, 0.2) is 5.38 Å². The number of aromatic nitrogens is 1. The van der Waals surface area contributed by atoms with E-state index < -0.39 is 5.97 Å². The summed E-state index contributed by atoms with van der Waals surface area (Å²) in [4.78, 5) is 26.0. The van der Waals surface area contributed by atoms with Crippen molar-refractivity contribution in [1.82, 2.24) is 10.3 Å². The Morgan fingerprint density at radius 1 is 1.39 bits per heavy atom. The average Bonchev–Trinajstić information content (AvgIpc) is 2.70. The lowest BCUT2D eigenvalue weighted by Crippen LogP contribution is -2.24. The lowest BCUT2D eigenvalue weighted by Gasteiger charge is -2.03. The van der Waals surface area contributed by atoms with Gasteiger partial charge >= 0.3 is 5.97 Å². The molecule has 5 nitrogen and oxygen atoms in total. The summed E-state index contributed by atoms with van der Waals surface area (Å²) in [6.45, 7) is 2.39. The van der Waals surface area contributed by atoms with Gasteiger partial charge in [0.05, 0.1) is 5.01 Å². The van der Waals surface area contributed by atoms with E-state index in [1.165, 1.54) is 0 Å². The molecule has 1 rings (SSSR count). The first kappa shape index (κ1) is 14.6. The van der Waals surface area contributed by atoms with E-state index >= 15 is 0 Å². The summed E-state index contributed by atoms with van der Waals surface area (Å²) in [7, 11) is 0. The molecule has 100 valence electrons. The highest BCUT2D eigenvalue weighted by molar-refractivity contribution is 7.09. The number of nitrogens with zero attached hydrogens (tertiary/aromatic N) is 1. The van der Waals surface area contributed by atoms with Crippen LogP contribution in [0.3, 0.4) is 0 Å². The third-order valence-corrected chi connectivity index (χ3v) is 3.38. The fourth-order valence-electron chi connectivity index (χ4n) is 1.47. The van der Waals surface area contributed by atoms with Gasteiger partial charge < -0.3 is 10.4 Å². The lowest BCUT2D eigenvalue weighted by atomic mass is 10.2. The molecule has 1 aromatic rings. The van der Waals surface area contributed by atoms with E-state index in [-0.39, 0.29) is 12.3 Å². The number of hydrogen-bond donors (Lipinski definition) is 2. The Kier molecular flexibility index (Phi) is 6.35. The van der Waals surface area contributed by atoms with Crippen molar-refractivity contribution in [2.75, 3.05) is 6.54 Å². The molecule has 0 saturated heterocycles. The molecule has 0 aliphatic heterocycles. The predicted octanol–water partition coefficient (Wildman–Crippen LogP) is 1.76. The number of carboxylic acid groups (broad SMARTS) is 1. The molecule has 0 atom stereocenters. The van der Waals surface area contributed by atoms with Crippen molar-refractivity contribution in [3.05, 3.63) is 16.1 Å². The first-order chi connectivity index (χ1) is 8.58. The zero-order valence-electron chi connectivity index (χ0n) is 10.4. The number of thiazole rings is 1. The number of carbonyl (C=O) groups excluding carboxylic acids is 1. The minimum absolute atomic E-state index is 0.0198. The zero-order valence-corrected chi connectivity index (χ0v) is 11.3. The molecule has 1 aromatic heterocycles. The van der Waals surface area contributed by atoms with E-state index in [4.69, 9.17) is 5.11 Å². The number of carbonyl (C=O) groups is 2. The van der Waals surface area contributed by atoms with Crippen LogP contribution in [0.2, 0.25) is 0 Å². The molecular weight excluding hydrogens is 252 g/mol. The maximum absolute atomic E-state index is 11.4. The predicted molar refractivity (Wildman–Crippen MR) is 69.7 cm³/mol. The SMILES string of the molecule is Cc1csc(CCCC(=O)NCCCC(=O)O)n1. The Balaban J connectivity index is 2.05. The van der Waals surface area contributed by atoms with Crippen molar-refractivity contribution >= 4 is 23.2 Å². The molecule has 0 fully saturated rings. The van der Waals surface area contributed by atoms with Gasteiger partial charge in [-0.15, -0.1) is 11.3 Å². The summed E-state index contributed by atoms with van der Waals surface area (Å²) in [5.41, 5.74) is 1.02. The number of hydrogen-bond acceptors (Lipinski definition) is 4. The van der Waals surface area contributed by atoms with E-state index in [2.05, 4.69) is 10.3 Å². The summed E-state index contributed by atoms with van der Waals surface area (Å²) < 4.78 is 0. The molecule has 2 N–H and O–H groups in total. The second kappa shape index (κ2) is 7.81. The van der Waals surface area contributed by atoms with Crippen molar-refractivity contribution in [2.24, 2.45) is 0 Å². The monoisotopic (exact) mass is 270 g/mol. The van der Waals surface area contributed by atoms with Crippen LogP contribution in [-0.4, -0.2) is 28.5 Å². The molecule has 0 unspecified atom stereocenters. The summed E-state index contributed by atoms with van der Waals surface area (Å²) in [5.74, 6) is -0.850. The van der Waals surface area contributed by atoms with Gasteiger partial charge in [0.2, 0.25) is 5.91 Å². The lowest BCUT2D eigenvalue weighted by molar-refractivity contribution is -0.137. The Morgan fingerprint density at radius 3 is 2.78 bits per heavy atom. The van der Waals surface area contributed by atoms with Crippen LogP contribution < -0.4 is 5.32 Å². The standard InChI is InChI=1S/C12H18N2O3S/c1-9-8-18-11(14-9)5-2-4-10(15)13-7-3-6-12(16)17/h8H,2-7H2,1H3,(H,13,15)(H,16,17). The molecule has 18 heavy (non-hydrogen) atoms. The van der Waals surface area contributed by atoms with Crippen LogP contribution in [0.4, 0.5) is 0 Å². The van der Waals surface area contributed by atoms with Crippen LogP contribution in [-0.2, 0) is 16.0 Å². The van der Waals surface area contributed by atoms with Crippen LogP contribution >= 0.6 is 11.3 Å². The van der Waals surface area contributed by atoms with Gasteiger partial charge in [0.15, 0.2) is 0 Å². The first-order valence-corrected chi connectivity index (χ1v) is 6.85. The summed E-state index contributed by atoms with van der Waals surface area (Å²) in [6.07, 6.45) is 2.63. The Bertz CT molecular complexity index is 404. The number of aryl methyl sites for hydroxylation is 2. The topological polar surface area (TPSA) is 79.3 Å². The minimum atomic E-state index is -0.830. The van der Waals surface area contributed by atoms with Crippen molar-refractivity contribution in [1.29, 1.82) is 0 Å². The fraction of sp³-hybridized carbons (Fsp3) is 0.583. The second-order valence-electron chi connectivity index (χ2n) is 4.08. The Hall–Kier alpha value is -1.43. The molecule has 1 amide bonds. The molecule has 0 bridgehead atoms. The number of amides is 1. The van der Waals surface area contributed by atoms with E-state index in [1.807, 2.05) is 12.3 Å². The van der Waals surface area contributed by atoms with E-state index in [0.717, 1.165) is 23.5 Å². The largest absolute Gasteiger partial charge is 0.481 e. The van der Waals surface area contributed by atoms with Gasteiger partial charge in [-0.2, -0.15) is 0 Å². The van der Waals surface area contributed by atoms with Crippen LogP contribution in [0.25, 0.3) is 0 Å². The van der Waals surface area contributed by atoms with Crippen molar-refractivity contribution in [3.63, 3.8) is 0 Å². The Morgan fingerprint density at radius 2 is 2.17 bits per heavy atom. The number of rotatable bonds is 8. The summed E-state index contributed by atoms with van der Waals surface area (Å²) in [5, 5.41) is 14.2. The molecule has 0 spiro atoms. The maximum Gasteiger partial charge on any atom is 0.303 e. The quantitative estimate of drug-likeness (QED) is 0.705. The molecule has 0 aromatic carbocycles. The van der Waals surface area contributed by atoms with Gasteiger partial charge in [-0.1, -0.05) is 0 Å². The molecule has 6 heteroatoms. The molecule has 1 heterocycles. The average molecular weight is 270 g/mol. The third-order valence-electron chi connectivity index (χ3n) is 2.35. The molecule has 0 aliphatic carbocycles. The fourth-order valence-corrected chi connectivity index (χ4v) is 2.29. The number of carboxylic acids is 1. The van der Waals surface area contributed by atoms with Gasteiger partial charge in [-0.05, 0) is 26.2 Å². The highest BCUT2D eigenvalue weighted by atomic mass is 32.1. The molecular formula is C12H18N2O3S. The van der Waals surface area contributed by atoms with E-state index in [0.29, 0.717) is 19.4 Å². The molecule has 0 radical (unpaired) electrons. The van der Waals surface area contributed by atoms with Crippen LogP contribution in [0, 0.1) is 6.92 Å².